The number of carbonyl (C=O) groups excluding carboxylic acids is 1. The van der Waals surface area contributed by atoms with Crippen LogP contribution in [0, 0.1) is 0 Å². The van der Waals surface area contributed by atoms with Gasteiger partial charge in [-0.3, -0.25) is 19.4 Å². The molecule has 1 fully saturated rings. The number of aromatic nitrogens is 2. The number of hydrogen-bond donors (Lipinski definition) is 2. The minimum atomic E-state index is -2.94. The van der Waals surface area contributed by atoms with Crippen LogP contribution < -0.4 is 15.6 Å². The van der Waals surface area contributed by atoms with Crippen molar-refractivity contribution in [1.82, 2.24) is 9.78 Å². The van der Waals surface area contributed by atoms with E-state index in [2.05, 4.69) is 15.2 Å². The predicted molar refractivity (Wildman–Crippen MR) is 92.3 cm³/mol. The van der Waals surface area contributed by atoms with Crippen LogP contribution in [0.5, 0.6) is 5.75 Å². The number of halogens is 2. The van der Waals surface area contributed by atoms with Crippen molar-refractivity contribution in [2.24, 2.45) is 0 Å². The third-order valence-electron chi connectivity index (χ3n) is 5.00. The molecule has 0 bridgehead atoms. The summed E-state index contributed by atoms with van der Waals surface area (Å²) in [7, 11) is 0. The van der Waals surface area contributed by atoms with E-state index in [4.69, 9.17) is 4.74 Å². The van der Waals surface area contributed by atoms with E-state index < -0.39 is 12.5 Å². The molecule has 0 aliphatic carbocycles. The summed E-state index contributed by atoms with van der Waals surface area (Å²) in [5, 5.41) is 5.63. The number of nitrogens with one attached hydrogen (secondary N) is 2. The highest BCUT2D eigenvalue weighted by atomic mass is 19.3. The van der Waals surface area contributed by atoms with E-state index in [1.807, 2.05) is 0 Å². The zero-order chi connectivity index (χ0) is 19.0. The van der Waals surface area contributed by atoms with Crippen molar-refractivity contribution in [1.29, 1.82) is 0 Å². The van der Waals surface area contributed by atoms with Crippen molar-refractivity contribution in [3.05, 3.63) is 45.7 Å². The van der Waals surface area contributed by atoms with Crippen molar-refractivity contribution in [2.75, 3.05) is 18.5 Å². The minimum absolute atomic E-state index is 0.00433. The van der Waals surface area contributed by atoms with Gasteiger partial charge in [-0.25, -0.2) is 0 Å². The zero-order valence-electron chi connectivity index (χ0n) is 14.4. The second-order valence-electron chi connectivity index (χ2n) is 6.67. The van der Waals surface area contributed by atoms with Crippen LogP contribution in [0.4, 0.5) is 14.6 Å². The summed E-state index contributed by atoms with van der Waals surface area (Å²) in [5.41, 5.74) is 0.733. The van der Waals surface area contributed by atoms with Gasteiger partial charge in [0, 0.05) is 25.6 Å². The number of aromatic amines is 1. The van der Waals surface area contributed by atoms with Crippen LogP contribution in [-0.2, 0) is 9.53 Å². The van der Waals surface area contributed by atoms with Gasteiger partial charge in [0.05, 0.1) is 11.6 Å². The monoisotopic (exact) mass is 379 g/mol. The van der Waals surface area contributed by atoms with Crippen LogP contribution >= 0.6 is 0 Å². The Morgan fingerprint density at radius 1 is 1.22 bits per heavy atom. The summed E-state index contributed by atoms with van der Waals surface area (Å²) in [6, 6.07) is 6.17. The molecule has 0 spiro atoms. The minimum Gasteiger partial charge on any atom is -0.435 e. The highest BCUT2D eigenvalue weighted by Crippen LogP contribution is 2.38. The molecule has 144 valence electrons. The normalized spacial score (nSPS) is 20.4. The molecule has 2 aromatic rings. The van der Waals surface area contributed by atoms with Gasteiger partial charge in [0.15, 0.2) is 0 Å². The van der Waals surface area contributed by atoms with Crippen molar-refractivity contribution in [3.63, 3.8) is 0 Å². The fraction of sp³-hybridized carbons (Fsp3) is 0.444. The number of hydrogen-bond acceptors (Lipinski definition) is 4. The molecule has 3 heterocycles. The van der Waals surface area contributed by atoms with Gasteiger partial charge in [-0.05, 0) is 30.5 Å². The number of amides is 1. The second kappa shape index (κ2) is 7.15. The fourth-order valence-corrected chi connectivity index (χ4v) is 3.79. The smallest absolute Gasteiger partial charge is 0.387 e. The van der Waals surface area contributed by atoms with Crippen LogP contribution in [-0.4, -0.2) is 35.5 Å². The Hall–Kier alpha value is -2.68. The van der Waals surface area contributed by atoms with Crippen LogP contribution in [0.3, 0.4) is 0 Å². The molecular formula is C18H19F2N3O4. The molecule has 2 N–H and O–H groups in total. The van der Waals surface area contributed by atoms with E-state index >= 15 is 0 Å². The van der Waals surface area contributed by atoms with Crippen molar-refractivity contribution < 1.29 is 23.0 Å². The fourth-order valence-electron chi connectivity index (χ4n) is 3.79. The molecule has 0 radical (unpaired) electrons. The molecule has 1 aromatic heterocycles. The Labute approximate surface area is 153 Å². The first kappa shape index (κ1) is 17.7. The van der Waals surface area contributed by atoms with Crippen molar-refractivity contribution in [3.8, 4) is 5.75 Å². The van der Waals surface area contributed by atoms with E-state index in [-0.39, 0.29) is 29.7 Å². The largest absolute Gasteiger partial charge is 0.435 e. The summed E-state index contributed by atoms with van der Waals surface area (Å²) in [6.45, 7) is -1.77. The van der Waals surface area contributed by atoms with E-state index in [0.717, 1.165) is 12.8 Å². The summed E-state index contributed by atoms with van der Waals surface area (Å²) >= 11 is 0. The summed E-state index contributed by atoms with van der Waals surface area (Å²) in [5.74, 6) is -0.309. The number of nitrogens with zero attached hydrogens (tertiary/aromatic N) is 1. The molecule has 0 saturated carbocycles. The third kappa shape index (κ3) is 3.46. The maximum Gasteiger partial charge on any atom is 0.387 e. The van der Waals surface area contributed by atoms with Gasteiger partial charge < -0.3 is 14.8 Å². The van der Waals surface area contributed by atoms with E-state index in [1.54, 1.807) is 16.8 Å². The number of anilines is 1. The molecule has 2 aliphatic heterocycles. The van der Waals surface area contributed by atoms with E-state index in [9.17, 15) is 18.4 Å². The van der Waals surface area contributed by atoms with Gasteiger partial charge in [-0.1, -0.05) is 12.1 Å². The Balaban J connectivity index is 1.74. The molecule has 1 atom stereocenters. The molecule has 9 heteroatoms. The maximum absolute atomic E-state index is 12.7. The lowest BCUT2D eigenvalue weighted by Crippen LogP contribution is -2.28. The molecule has 2 aliphatic rings. The summed E-state index contributed by atoms with van der Waals surface area (Å²) in [4.78, 5) is 25.0. The van der Waals surface area contributed by atoms with E-state index in [1.165, 1.54) is 12.1 Å². The molecular weight excluding hydrogens is 360 g/mol. The number of ether oxygens (including phenoxy) is 2. The molecule has 4 rings (SSSR count). The molecule has 1 saturated heterocycles. The van der Waals surface area contributed by atoms with Crippen molar-refractivity contribution >= 4 is 11.7 Å². The summed E-state index contributed by atoms with van der Waals surface area (Å²) < 4.78 is 36.6. The lowest BCUT2D eigenvalue weighted by Gasteiger charge is -2.28. The lowest BCUT2D eigenvalue weighted by atomic mass is 9.87. The Bertz CT molecular complexity index is 902. The number of rotatable bonds is 4. The second-order valence-corrected chi connectivity index (χ2v) is 6.67. The standard InChI is InChI=1S/C18H19F2N3O4/c19-18(20)27-12-3-1-2-10(8-12)13-9-14(24)21-16-15(13)17(25)22-23(16)11-4-6-26-7-5-11/h1-3,8,11,13,18H,4-7,9H2,(H,21,24)(H,22,25)/t13-/m1/s1. The molecule has 27 heavy (non-hydrogen) atoms. The molecule has 1 aromatic carbocycles. The average Bonchev–Trinajstić information content (AvgIpc) is 2.98. The highest BCUT2D eigenvalue weighted by molar-refractivity contribution is 5.94. The first-order valence-electron chi connectivity index (χ1n) is 8.79. The van der Waals surface area contributed by atoms with Gasteiger partial charge >= 0.3 is 6.61 Å². The van der Waals surface area contributed by atoms with Crippen LogP contribution in [0.1, 0.15) is 42.3 Å². The van der Waals surface area contributed by atoms with Gasteiger partial charge in [0.1, 0.15) is 11.6 Å². The Morgan fingerprint density at radius 3 is 2.74 bits per heavy atom. The molecule has 0 unspecified atom stereocenters. The molecule has 7 nitrogen and oxygen atoms in total. The Kier molecular flexibility index (Phi) is 4.69. The van der Waals surface area contributed by atoms with Crippen molar-refractivity contribution in [2.45, 2.75) is 37.8 Å². The maximum atomic E-state index is 12.7. The first-order chi connectivity index (χ1) is 13.0. The quantitative estimate of drug-likeness (QED) is 0.855. The first-order valence-corrected chi connectivity index (χ1v) is 8.79. The highest BCUT2D eigenvalue weighted by Gasteiger charge is 2.34. The number of H-pyrrole nitrogens is 1. The van der Waals surface area contributed by atoms with Gasteiger partial charge in [0.25, 0.3) is 5.56 Å². The number of benzene rings is 1. The third-order valence-corrected chi connectivity index (χ3v) is 5.00. The summed E-state index contributed by atoms with van der Waals surface area (Å²) in [6.07, 6.45) is 1.52. The van der Waals surface area contributed by atoms with Crippen LogP contribution in [0.25, 0.3) is 0 Å². The van der Waals surface area contributed by atoms with E-state index in [0.29, 0.717) is 30.2 Å². The Morgan fingerprint density at radius 2 is 2.00 bits per heavy atom. The zero-order valence-corrected chi connectivity index (χ0v) is 14.4. The van der Waals surface area contributed by atoms with Gasteiger partial charge in [-0.15, -0.1) is 0 Å². The number of alkyl halides is 2. The SMILES string of the molecule is O=C1C[C@H](c2cccc(OC(F)F)c2)c2c(n(C3CCOCC3)[nH]c2=O)N1. The average molecular weight is 379 g/mol. The lowest BCUT2D eigenvalue weighted by molar-refractivity contribution is -0.116. The van der Waals surface area contributed by atoms with Crippen LogP contribution in [0.2, 0.25) is 0 Å². The van der Waals surface area contributed by atoms with Gasteiger partial charge in [0.2, 0.25) is 5.91 Å². The predicted octanol–water partition coefficient (Wildman–Crippen LogP) is 2.60. The number of fused-ring (bicyclic) bond motifs is 1. The van der Waals surface area contributed by atoms with Crippen LogP contribution in [0.15, 0.2) is 29.1 Å². The number of carbonyl (C=O) groups is 1. The topological polar surface area (TPSA) is 85.3 Å². The molecule has 1 amide bonds. The van der Waals surface area contributed by atoms with Gasteiger partial charge in [-0.2, -0.15) is 8.78 Å².